The molecule has 0 saturated carbocycles. The van der Waals surface area contributed by atoms with Crippen molar-refractivity contribution in [2.45, 2.75) is 23.8 Å². The molecule has 4 rings (SSSR count). The van der Waals surface area contributed by atoms with Gasteiger partial charge in [0.15, 0.2) is 0 Å². The van der Waals surface area contributed by atoms with Crippen molar-refractivity contribution in [2.75, 3.05) is 46.9 Å². The largest absolute Gasteiger partial charge is 0.497 e. The van der Waals surface area contributed by atoms with E-state index in [2.05, 4.69) is 28.1 Å². The van der Waals surface area contributed by atoms with Crippen LogP contribution in [0.25, 0.3) is 0 Å². The van der Waals surface area contributed by atoms with E-state index in [1.165, 1.54) is 6.42 Å². The Labute approximate surface area is 163 Å². The molecular weight excluding hydrogens is 362 g/mol. The fraction of sp³-hybridized carbons (Fsp3) is 0.600. The summed E-state index contributed by atoms with van der Waals surface area (Å²) < 4.78 is 33.1. The number of hydrogen-bond donors (Lipinski definition) is 1. The predicted octanol–water partition coefficient (Wildman–Crippen LogP) is 1.80. The Bertz CT molecular complexity index is 735. The molecule has 3 aliphatic heterocycles. The molecule has 27 heavy (non-hydrogen) atoms. The minimum Gasteiger partial charge on any atom is -0.497 e. The highest BCUT2D eigenvalue weighted by Crippen LogP contribution is 2.36. The molecule has 2 bridgehead atoms. The van der Waals surface area contributed by atoms with E-state index in [-0.39, 0.29) is 10.9 Å². The normalized spacial score (nSPS) is 27.7. The average molecular weight is 394 g/mol. The van der Waals surface area contributed by atoms with Crippen molar-refractivity contribution in [1.82, 2.24) is 14.5 Å². The number of sulfonamides is 1. The second-order valence-corrected chi connectivity index (χ2v) is 9.50. The first-order valence-corrected chi connectivity index (χ1v) is 11.1. The van der Waals surface area contributed by atoms with Gasteiger partial charge in [0.25, 0.3) is 0 Å². The maximum absolute atomic E-state index is 12.6. The van der Waals surface area contributed by atoms with E-state index >= 15 is 0 Å². The summed E-state index contributed by atoms with van der Waals surface area (Å²) in [5.74, 6) is 1.99. The molecule has 0 aromatic heterocycles. The van der Waals surface area contributed by atoms with Crippen LogP contribution in [0.5, 0.6) is 5.75 Å². The number of fused-ring (bicyclic) bond motifs is 3. The number of rotatable bonds is 9. The molecule has 7 heteroatoms. The number of nitrogens with zero attached hydrogens (tertiary/aromatic N) is 2. The average Bonchev–Trinajstić information content (AvgIpc) is 2.67. The first-order valence-electron chi connectivity index (χ1n) is 9.60. The van der Waals surface area contributed by atoms with Gasteiger partial charge in [0.05, 0.1) is 12.0 Å². The molecule has 3 saturated heterocycles. The van der Waals surface area contributed by atoms with Gasteiger partial charge in [0, 0.05) is 32.2 Å². The van der Waals surface area contributed by atoms with Crippen LogP contribution in [0, 0.1) is 11.8 Å². The minimum atomic E-state index is -3.49. The minimum absolute atomic E-state index is 0.281. The predicted molar refractivity (Wildman–Crippen MR) is 107 cm³/mol. The lowest BCUT2D eigenvalue weighted by atomic mass is 9.75. The molecule has 1 aromatic rings. The molecule has 0 radical (unpaired) electrons. The molecule has 3 heterocycles. The lowest BCUT2D eigenvalue weighted by molar-refractivity contribution is -0.00640. The van der Waals surface area contributed by atoms with Crippen LogP contribution in [0.15, 0.2) is 41.8 Å². The zero-order chi connectivity index (χ0) is 19.4. The van der Waals surface area contributed by atoms with E-state index in [1.807, 2.05) is 6.08 Å². The van der Waals surface area contributed by atoms with Crippen LogP contribution < -0.4 is 9.46 Å². The molecule has 1 N–H and O–H groups in total. The van der Waals surface area contributed by atoms with Crippen LogP contribution in [0.4, 0.5) is 0 Å². The topological polar surface area (TPSA) is 61.9 Å². The Morgan fingerprint density at radius 2 is 2.11 bits per heavy atom. The zero-order valence-corrected chi connectivity index (χ0v) is 17.1. The highest BCUT2D eigenvalue weighted by molar-refractivity contribution is 7.89. The Hall–Kier alpha value is -1.41. The standard InChI is InChI=1S/C20H31N3O3S/c1-4-10-22(2)14-17-15-23-11-9-16(17)12-18(23)13-21-27(24,25)20-7-5-19(26-3)6-8-20/h4-8,16-18,21H,1,9-15H2,2-3H3/t16-,17+,18+/m0/s1. The summed E-state index contributed by atoms with van der Waals surface area (Å²) in [6.45, 7) is 8.40. The van der Waals surface area contributed by atoms with Crippen LogP contribution in [-0.4, -0.2) is 71.1 Å². The van der Waals surface area contributed by atoms with Crippen LogP contribution in [0.1, 0.15) is 12.8 Å². The third kappa shape index (κ3) is 4.90. The number of ether oxygens (including phenoxy) is 1. The molecule has 3 aliphatic rings. The molecule has 1 aromatic carbocycles. The molecule has 3 fully saturated rings. The zero-order valence-electron chi connectivity index (χ0n) is 16.3. The van der Waals surface area contributed by atoms with Gasteiger partial charge in [-0.05, 0) is 62.5 Å². The molecule has 0 spiro atoms. The Morgan fingerprint density at radius 3 is 2.70 bits per heavy atom. The number of hydrogen-bond acceptors (Lipinski definition) is 5. The molecule has 6 nitrogen and oxygen atoms in total. The van der Waals surface area contributed by atoms with Crippen molar-refractivity contribution >= 4 is 10.0 Å². The maximum atomic E-state index is 12.6. The molecule has 0 amide bonds. The van der Waals surface area contributed by atoms with Crippen LogP contribution in [0.2, 0.25) is 0 Å². The summed E-state index contributed by atoms with van der Waals surface area (Å²) in [5, 5.41) is 0. The molecule has 1 unspecified atom stereocenters. The third-order valence-corrected chi connectivity index (χ3v) is 7.32. The number of piperidine rings is 3. The van der Waals surface area contributed by atoms with Crippen LogP contribution >= 0.6 is 0 Å². The summed E-state index contributed by atoms with van der Waals surface area (Å²) >= 11 is 0. The first-order chi connectivity index (χ1) is 12.9. The monoisotopic (exact) mass is 393 g/mol. The SMILES string of the molecule is C=CCN(C)C[C@@H]1CN2CC[C@H]1C[C@@H]2CNS(=O)(=O)c1ccc(OC)cc1. The van der Waals surface area contributed by atoms with Gasteiger partial charge in [-0.25, -0.2) is 13.1 Å². The van der Waals surface area contributed by atoms with Crippen molar-refractivity contribution in [3.8, 4) is 5.75 Å². The van der Waals surface area contributed by atoms with Crippen molar-refractivity contribution in [2.24, 2.45) is 11.8 Å². The summed E-state index contributed by atoms with van der Waals surface area (Å²) in [6, 6.07) is 6.80. The lowest BCUT2D eigenvalue weighted by Gasteiger charge is -2.50. The van der Waals surface area contributed by atoms with Crippen LogP contribution in [0.3, 0.4) is 0 Å². The second kappa shape index (κ2) is 8.73. The summed E-state index contributed by atoms with van der Waals surface area (Å²) in [5.41, 5.74) is 0. The Kier molecular flexibility index (Phi) is 6.57. The number of methoxy groups -OCH3 is 1. The summed E-state index contributed by atoms with van der Waals surface area (Å²) in [6.07, 6.45) is 4.23. The second-order valence-electron chi connectivity index (χ2n) is 7.73. The van der Waals surface area contributed by atoms with Gasteiger partial charge in [-0.1, -0.05) is 6.08 Å². The van der Waals surface area contributed by atoms with Gasteiger partial charge >= 0.3 is 0 Å². The third-order valence-electron chi connectivity index (χ3n) is 5.88. The van der Waals surface area contributed by atoms with Gasteiger partial charge in [0.2, 0.25) is 10.0 Å². The van der Waals surface area contributed by atoms with Gasteiger partial charge in [-0.3, -0.25) is 4.90 Å². The first kappa shape index (κ1) is 20.3. The number of nitrogens with one attached hydrogen (secondary N) is 1. The van der Waals surface area contributed by atoms with Crippen molar-refractivity contribution < 1.29 is 13.2 Å². The van der Waals surface area contributed by atoms with Crippen molar-refractivity contribution in [1.29, 1.82) is 0 Å². The Balaban J connectivity index is 1.55. The summed E-state index contributed by atoms with van der Waals surface area (Å²) in [7, 11) is 0.212. The highest BCUT2D eigenvalue weighted by atomic mass is 32.2. The Morgan fingerprint density at radius 1 is 1.37 bits per heavy atom. The molecule has 150 valence electrons. The van der Waals surface area contributed by atoms with E-state index in [0.29, 0.717) is 24.1 Å². The van der Waals surface area contributed by atoms with E-state index in [1.54, 1.807) is 31.4 Å². The van der Waals surface area contributed by atoms with Gasteiger partial charge < -0.3 is 9.64 Å². The van der Waals surface area contributed by atoms with Gasteiger partial charge in [0.1, 0.15) is 5.75 Å². The maximum Gasteiger partial charge on any atom is 0.240 e. The van der Waals surface area contributed by atoms with Gasteiger partial charge in [-0.2, -0.15) is 0 Å². The fourth-order valence-electron chi connectivity index (χ4n) is 4.41. The molecular formula is C20H31N3O3S. The van der Waals surface area contributed by atoms with E-state index in [0.717, 1.165) is 32.6 Å². The lowest BCUT2D eigenvalue weighted by Crippen LogP contribution is -2.58. The smallest absolute Gasteiger partial charge is 0.240 e. The number of likely N-dealkylation sites (N-methyl/N-ethyl adjacent to an activating group) is 1. The van der Waals surface area contributed by atoms with Crippen molar-refractivity contribution in [3.05, 3.63) is 36.9 Å². The fourth-order valence-corrected chi connectivity index (χ4v) is 5.48. The van der Waals surface area contributed by atoms with E-state index in [4.69, 9.17) is 4.74 Å². The van der Waals surface area contributed by atoms with Crippen LogP contribution in [-0.2, 0) is 10.0 Å². The molecule has 0 aliphatic carbocycles. The quantitative estimate of drug-likeness (QED) is 0.649. The van der Waals surface area contributed by atoms with Crippen molar-refractivity contribution in [3.63, 3.8) is 0 Å². The van der Waals surface area contributed by atoms with E-state index in [9.17, 15) is 8.42 Å². The summed E-state index contributed by atoms with van der Waals surface area (Å²) in [4.78, 5) is 5.06. The van der Waals surface area contributed by atoms with Gasteiger partial charge in [-0.15, -0.1) is 6.58 Å². The number of benzene rings is 1. The highest BCUT2D eigenvalue weighted by Gasteiger charge is 2.40. The van der Waals surface area contributed by atoms with E-state index < -0.39 is 10.0 Å². The molecule has 4 atom stereocenters.